The third-order valence-corrected chi connectivity index (χ3v) is 6.01. The van der Waals surface area contributed by atoms with Crippen molar-refractivity contribution in [2.24, 2.45) is 5.92 Å². The van der Waals surface area contributed by atoms with Gasteiger partial charge in [-0.3, -0.25) is 14.7 Å². The van der Waals surface area contributed by atoms with E-state index in [9.17, 15) is 4.79 Å². The second kappa shape index (κ2) is 9.47. The SMILES string of the molecule is CN(C)[C@@H]1CCN(Cc2cccnc2)C[C@@H]1CCC(=O)N1CCCCC1. The van der Waals surface area contributed by atoms with Crippen molar-refractivity contribution in [3.63, 3.8) is 0 Å². The van der Waals surface area contributed by atoms with Gasteiger partial charge in [0.15, 0.2) is 0 Å². The maximum absolute atomic E-state index is 12.6. The largest absolute Gasteiger partial charge is 0.343 e. The van der Waals surface area contributed by atoms with E-state index in [0.717, 1.165) is 39.1 Å². The molecule has 2 fully saturated rings. The van der Waals surface area contributed by atoms with Gasteiger partial charge >= 0.3 is 0 Å². The fraction of sp³-hybridized carbons (Fsp3) is 0.714. The van der Waals surface area contributed by atoms with E-state index in [-0.39, 0.29) is 0 Å². The summed E-state index contributed by atoms with van der Waals surface area (Å²) in [6.45, 7) is 5.09. The molecule has 144 valence electrons. The number of rotatable bonds is 6. The highest BCUT2D eigenvalue weighted by Crippen LogP contribution is 2.26. The molecule has 0 saturated carbocycles. The lowest BCUT2D eigenvalue weighted by atomic mass is 9.87. The summed E-state index contributed by atoms with van der Waals surface area (Å²) in [4.78, 5) is 23.8. The Morgan fingerprint density at radius 1 is 1.23 bits per heavy atom. The molecule has 0 unspecified atom stereocenters. The Kier molecular flexibility index (Phi) is 7.03. The maximum atomic E-state index is 12.6. The van der Waals surface area contributed by atoms with E-state index in [0.29, 0.717) is 24.3 Å². The Bertz CT molecular complexity index is 556. The zero-order valence-electron chi connectivity index (χ0n) is 16.4. The molecule has 0 aromatic carbocycles. The third kappa shape index (κ3) is 5.27. The number of hydrogen-bond donors (Lipinski definition) is 0. The van der Waals surface area contributed by atoms with Crippen molar-refractivity contribution in [3.8, 4) is 0 Å². The molecule has 2 aliphatic heterocycles. The van der Waals surface area contributed by atoms with Crippen LogP contribution in [0.1, 0.15) is 44.1 Å². The van der Waals surface area contributed by atoms with Crippen LogP contribution in [-0.2, 0) is 11.3 Å². The highest BCUT2D eigenvalue weighted by molar-refractivity contribution is 5.76. The Morgan fingerprint density at radius 3 is 2.73 bits per heavy atom. The number of carbonyl (C=O) groups excluding carboxylic acids is 1. The lowest BCUT2D eigenvalue weighted by Crippen LogP contribution is -2.49. The Hall–Kier alpha value is -1.46. The van der Waals surface area contributed by atoms with Gasteiger partial charge in [-0.25, -0.2) is 0 Å². The second-order valence-electron chi connectivity index (χ2n) is 8.16. The van der Waals surface area contributed by atoms with Crippen LogP contribution in [0.3, 0.4) is 0 Å². The number of hydrogen-bond acceptors (Lipinski definition) is 4. The molecule has 3 heterocycles. The van der Waals surface area contributed by atoms with Crippen LogP contribution in [0.4, 0.5) is 0 Å². The number of pyridine rings is 1. The first kappa shape index (κ1) is 19.3. The Balaban J connectivity index is 1.55. The van der Waals surface area contributed by atoms with Crippen LogP contribution in [0.5, 0.6) is 0 Å². The standard InChI is InChI=1S/C21H34N4O/c1-23(2)20-10-14-24(16-18-7-6-11-22-15-18)17-19(20)8-9-21(26)25-12-4-3-5-13-25/h6-7,11,15,19-20H,3-5,8-10,12-14,16-17H2,1-2H3/t19-,20+/m0/s1. The van der Waals surface area contributed by atoms with Gasteiger partial charge in [-0.15, -0.1) is 0 Å². The van der Waals surface area contributed by atoms with E-state index in [1.165, 1.54) is 31.2 Å². The van der Waals surface area contributed by atoms with Gasteiger partial charge in [0.1, 0.15) is 0 Å². The van der Waals surface area contributed by atoms with Crippen molar-refractivity contribution in [1.29, 1.82) is 0 Å². The molecule has 0 spiro atoms. The van der Waals surface area contributed by atoms with Crippen molar-refractivity contribution in [2.75, 3.05) is 40.3 Å². The van der Waals surface area contributed by atoms with Crippen LogP contribution < -0.4 is 0 Å². The summed E-state index contributed by atoms with van der Waals surface area (Å²) < 4.78 is 0. The van der Waals surface area contributed by atoms with Crippen LogP contribution in [0.25, 0.3) is 0 Å². The predicted molar refractivity (Wildman–Crippen MR) is 105 cm³/mol. The molecular formula is C21H34N4O. The minimum absolute atomic E-state index is 0.367. The summed E-state index contributed by atoms with van der Waals surface area (Å²) in [5.41, 5.74) is 1.28. The molecule has 1 aromatic rings. The topological polar surface area (TPSA) is 39.7 Å². The molecule has 5 nitrogen and oxygen atoms in total. The van der Waals surface area contributed by atoms with Crippen LogP contribution in [0, 0.1) is 5.92 Å². The van der Waals surface area contributed by atoms with E-state index in [1.54, 1.807) is 0 Å². The zero-order chi connectivity index (χ0) is 18.4. The molecule has 1 amide bonds. The summed E-state index contributed by atoms with van der Waals surface area (Å²) in [6.07, 6.45) is 10.3. The Morgan fingerprint density at radius 2 is 2.04 bits per heavy atom. The first-order valence-corrected chi connectivity index (χ1v) is 10.2. The maximum Gasteiger partial charge on any atom is 0.222 e. The van der Waals surface area contributed by atoms with E-state index in [4.69, 9.17) is 0 Å². The molecular weight excluding hydrogens is 324 g/mol. The monoisotopic (exact) mass is 358 g/mol. The number of carbonyl (C=O) groups is 1. The third-order valence-electron chi connectivity index (χ3n) is 6.01. The molecule has 0 bridgehead atoms. The van der Waals surface area contributed by atoms with E-state index in [2.05, 4.69) is 39.8 Å². The molecule has 2 atom stereocenters. The summed E-state index contributed by atoms with van der Waals surface area (Å²) in [7, 11) is 4.36. The molecule has 3 rings (SSSR count). The van der Waals surface area contributed by atoms with Gasteiger partial charge < -0.3 is 9.80 Å². The van der Waals surface area contributed by atoms with Gasteiger partial charge in [0.25, 0.3) is 0 Å². The van der Waals surface area contributed by atoms with Crippen molar-refractivity contribution >= 4 is 5.91 Å². The highest BCUT2D eigenvalue weighted by Gasteiger charge is 2.31. The quantitative estimate of drug-likeness (QED) is 0.784. The minimum Gasteiger partial charge on any atom is -0.343 e. The smallest absolute Gasteiger partial charge is 0.222 e. The normalized spacial score (nSPS) is 24.8. The number of piperidine rings is 2. The van der Waals surface area contributed by atoms with Crippen molar-refractivity contribution < 1.29 is 4.79 Å². The number of nitrogens with zero attached hydrogens (tertiary/aromatic N) is 4. The molecule has 2 saturated heterocycles. The number of likely N-dealkylation sites (tertiary alicyclic amines) is 2. The molecule has 0 aliphatic carbocycles. The molecule has 2 aliphatic rings. The van der Waals surface area contributed by atoms with E-state index >= 15 is 0 Å². The van der Waals surface area contributed by atoms with Gasteiger partial charge in [0.2, 0.25) is 5.91 Å². The van der Waals surface area contributed by atoms with Crippen molar-refractivity contribution in [2.45, 2.75) is 51.1 Å². The molecule has 0 N–H and O–H groups in total. The number of aromatic nitrogens is 1. The summed E-state index contributed by atoms with van der Waals surface area (Å²) in [5.74, 6) is 0.927. The minimum atomic E-state index is 0.367. The lowest BCUT2D eigenvalue weighted by molar-refractivity contribution is -0.132. The van der Waals surface area contributed by atoms with Gasteiger partial charge in [0.05, 0.1) is 0 Å². The van der Waals surface area contributed by atoms with Gasteiger partial charge in [0, 0.05) is 51.0 Å². The summed E-state index contributed by atoms with van der Waals surface area (Å²) in [6, 6.07) is 4.74. The average Bonchev–Trinajstić information content (AvgIpc) is 2.67. The first-order chi connectivity index (χ1) is 12.6. The second-order valence-corrected chi connectivity index (χ2v) is 8.16. The van der Waals surface area contributed by atoms with Gasteiger partial charge in [-0.05, 0) is 70.3 Å². The van der Waals surface area contributed by atoms with Crippen LogP contribution in [0.2, 0.25) is 0 Å². The molecule has 26 heavy (non-hydrogen) atoms. The number of amides is 1. The van der Waals surface area contributed by atoms with Gasteiger partial charge in [-0.2, -0.15) is 0 Å². The van der Waals surface area contributed by atoms with Crippen LogP contribution in [0.15, 0.2) is 24.5 Å². The first-order valence-electron chi connectivity index (χ1n) is 10.2. The summed E-state index contributed by atoms with van der Waals surface area (Å²) in [5, 5.41) is 0. The Labute approximate surface area is 158 Å². The zero-order valence-corrected chi connectivity index (χ0v) is 16.4. The van der Waals surface area contributed by atoms with E-state index < -0.39 is 0 Å². The van der Waals surface area contributed by atoms with Gasteiger partial charge in [-0.1, -0.05) is 6.07 Å². The lowest BCUT2D eigenvalue weighted by Gasteiger charge is -2.42. The molecule has 1 aromatic heterocycles. The fourth-order valence-corrected chi connectivity index (χ4v) is 4.56. The van der Waals surface area contributed by atoms with Crippen molar-refractivity contribution in [3.05, 3.63) is 30.1 Å². The van der Waals surface area contributed by atoms with E-state index in [1.807, 2.05) is 18.5 Å². The highest BCUT2D eigenvalue weighted by atomic mass is 16.2. The average molecular weight is 359 g/mol. The molecule has 5 heteroatoms. The van der Waals surface area contributed by atoms with Crippen LogP contribution >= 0.6 is 0 Å². The summed E-state index contributed by atoms with van der Waals surface area (Å²) >= 11 is 0. The molecule has 0 radical (unpaired) electrons. The van der Waals surface area contributed by atoms with Crippen molar-refractivity contribution in [1.82, 2.24) is 19.7 Å². The predicted octanol–water partition coefficient (Wildman–Crippen LogP) is 2.63. The van der Waals surface area contributed by atoms with Crippen LogP contribution in [-0.4, -0.2) is 71.9 Å². The fourth-order valence-electron chi connectivity index (χ4n) is 4.56.